The van der Waals surface area contributed by atoms with Crippen LogP contribution in [-0.4, -0.2) is 65.7 Å². The average molecular weight is 508 g/mol. The second-order valence-corrected chi connectivity index (χ2v) is 8.96. The van der Waals surface area contributed by atoms with E-state index in [0.29, 0.717) is 31.5 Å². The van der Waals surface area contributed by atoms with Crippen LogP contribution in [0.1, 0.15) is 42.6 Å². The van der Waals surface area contributed by atoms with Gasteiger partial charge >= 0.3 is 0 Å². The maximum atomic E-state index is 13.0. The van der Waals surface area contributed by atoms with Gasteiger partial charge in [0.1, 0.15) is 18.1 Å². The van der Waals surface area contributed by atoms with Crippen LogP contribution in [0.5, 0.6) is 0 Å². The summed E-state index contributed by atoms with van der Waals surface area (Å²) < 4.78 is 0. The summed E-state index contributed by atoms with van der Waals surface area (Å²) in [4.78, 5) is 64.1. The number of rotatable bonds is 10. The van der Waals surface area contributed by atoms with E-state index in [4.69, 9.17) is 0 Å². The van der Waals surface area contributed by atoms with Gasteiger partial charge in [-0.3, -0.25) is 24.0 Å². The van der Waals surface area contributed by atoms with Crippen molar-refractivity contribution in [2.75, 3.05) is 13.1 Å². The van der Waals surface area contributed by atoms with Crippen LogP contribution in [-0.2, 0) is 25.7 Å². The topological polar surface area (TPSA) is 137 Å². The van der Waals surface area contributed by atoms with Gasteiger partial charge in [-0.2, -0.15) is 0 Å². The number of nitrogens with zero attached hydrogens (tertiary/aromatic N) is 1. The van der Waals surface area contributed by atoms with Crippen molar-refractivity contribution >= 4 is 29.5 Å². The highest BCUT2D eigenvalue weighted by atomic mass is 16.2. The van der Waals surface area contributed by atoms with Gasteiger partial charge in [0.15, 0.2) is 0 Å². The molecular weight excluding hydrogens is 474 g/mol. The van der Waals surface area contributed by atoms with Crippen molar-refractivity contribution in [3.63, 3.8) is 0 Å². The van der Waals surface area contributed by atoms with Gasteiger partial charge in [-0.05, 0) is 44.4 Å². The molecule has 10 nitrogen and oxygen atoms in total. The highest BCUT2D eigenvalue weighted by Crippen LogP contribution is 2.18. The SMILES string of the molecule is C[C@@H](NC(=O)CNC(=O)[C@@H]1CCCN1C(=O)[C@@H](C)NC(=O)c1ccccc1)C(=O)NCc1ccccc1. The smallest absolute Gasteiger partial charge is 0.251 e. The molecular formula is C27H33N5O5. The average Bonchev–Trinajstić information content (AvgIpc) is 3.41. The Hall–Kier alpha value is -4.21. The minimum atomic E-state index is -0.820. The monoisotopic (exact) mass is 507 g/mol. The molecule has 3 atom stereocenters. The van der Waals surface area contributed by atoms with Crippen molar-refractivity contribution < 1.29 is 24.0 Å². The number of likely N-dealkylation sites (tertiary alicyclic amines) is 1. The molecule has 1 aliphatic rings. The minimum Gasteiger partial charge on any atom is -0.350 e. The van der Waals surface area contributed by atoms with Crippen LogP contribution >= 0.6 is 0 Å². The van der Waals surface area contributed by atoms with E-state index in [1.165, 1.54) is 4.90 Å². The Bertz CT molecular complexity index is 1110. The highest BCUT2D eigenvalue weighted by molar-refractivity contribution is 5.98. The zero-order valence-electron chi connectivity index (χ0n) is 21.0. The Balaban J connectivity index is 1.43. The zero-order chi connectivity index (χ0) is 26.8. The van der Waals surface area contributed by atoms with Gasteiger partial charge in [-0.1, -0.05) is 48.5 Å². The van der Waals surface area contributed by atoms with Crippen LogP contribution in [0.4, 0.5) is 0 Å². The van der Waals surface area contributed by atoms with E-state index >= 15 is 0 Å². The first-order valence-corrected chi connectivity index (χ1v) is 12.3. The van der Waals surface area contributed by atoms with Gasteiger partial charge < -0.3 is 26.2 Å². The lowest BCUT2D eigenvalue weighted by molar-refractivity contribution is -0.140. The molecule has 2 aromatic carbocycles. The summed E-state index contributed by atoms with van der Waals surface area (Å²) in [7, 11) is 0. The van der Waals surface area contributed by atoms with Crippen molar-refractivity contribution in [2.45, 2.75) is 51.4 Å². The largest absolute Gasteiger partial charge is 0.350 e. The number of carbonyl (C=O) groups excluding carboxylic acids is 5. The first-order valence-electron chi connectivity index (χ1n) is 12.3. The minimum absolute atomic E-state index is 0.325. The fourth-order valence-electron chi connectivity index (χ4n) is 4.06. The Labute approximate surface area is 216 Å². The van der Waals surface area contributed by atoms with Crippen LogP contribution in [0.3, 0.4) is 0 Å². The lowest BCUT2D eigenvalue weighted by atomic mass is 10.1. The number of nitrogens with one attached hydrogen (secondary N) is 4. The van der Waals surface area contributed by atoms with Crippen LogP contribution in [0.15, 0.2) is 60.7 Å². The maximum absolute atomic E-state index is 13.0. The normalized spacial score (nSPS) is 16.3. The summed E-state index contributed by atoms with van der Waals surface area (Å²) in [5.41, 5.74) is 1.37. The molecule has 1 fully saturated rings. The highest BCUT2D eigenvalue weighted by Gasteiger charge is 2.36. The van der Waals surface area contributed by atoms with E-state index in [1.807, 2.05) is 30.3 Å². The third-order valence-corrected chi connectivity index (χ3v) is 6.10. The van der Waals surface area contributed by atoms with E-state index in [0.717, 1.165) is 5.56 Å². The number of hydrogen-bond donors (Lipinski definition) is 4. The van der Waals surface area contributed by atoms with E-state index in [1.54, 1.807) is 44.2 Å². The van der Waals surface area contributed by atoms with Gasteiger partial charge in [0.2, 0.25) is 23.6 Å². The molecule has 0 aliphatic carbocycles. The van der Waals surface area contributed by atoms with Gasteiger partial charge in [0, 0.05) is 18.7 Å². The maximum Gasteiger partial charge on any atom is 0.251 e. The molecule has 0 spiro atoms. The molecule has 0 unspecified atom stereocenters. The second kappa shape index (κ2) is 13.2. The molecule has 196 valence electrons. The Morgan fingerprint density at radius 2 is 1.51 bits per heavy atom. The van der Waals surface area contributed by atoms with Gasteiger partial charge in [0.05, 0.1) is 6.54 Å². The molecule has 1 heterocycles. The van der Waals surface area contributed by atoms with Crippen molar-refractivity contribution in [1.82, 2.24) is 26.2 Å². The third kappa shape index (κ3) is 7.89. The molecule has 0 aromatic heterocycles. The Morgan fingerprint density at radius 3 is 2.19 bits per heavy atom. The fraction of sp³-hybridized carbons (Fsp3) is 0.370. The predicted molar refractivity (Wildman–Crippen MR) is 137 cm³/mol. The molecule has 5 amide bonds. The van der Waals surface area contributed by atoms with Crippen molar-refractivity contribution in [3.05, 3.63) is 71.8 Å². The zero-order valence-corrected chi connectivity index (χ0v) is 21.0. The van der Waals surface area contributed by atoms with E-state index in [-0.39, 0.29) is 24.3 Å². The molecule has 1 aliphatic heterocycles. The van der Waals surface area contributed by atoms with Crippen molar-refractivity contribution in [3.8, 4) is 0 Å². The first kappa shape index (κ1) is 27.4. The van der Waals surface area contributed by atoms with E-state index in [2.05, 4.69) is 21.3 Å². The number of amides is 5. The standard InChI is InChI=1S/C27H33N5O5/c1-18(24(34)28-16-20-10-5-3-6-11-20)30-23(33)17-29-26(36)22-14-9-15-32(22)27(37)19(2)31-25(35)21-12-7-4-8-13-21/h3-8,10-13,18-19,22H,9,14-17H2,1-2H3,(H,28,34)(H,29,36)(H,30,33)(H,31,35)/t18-,19-,22+/m1/s1. The molecule has 2 aromatic rings. The number of benzene rings is 2. The summed E-state index contributed by atoms with van der Waals surface area (Å²) in [5.74, 6) is -2.06. The molecule has 0 bridgehead atoms. The molecule has 1 saturated heterocycles. The second-order valence-electron chi connectivity index (χ2n) is 8.96. The summed E-state index contributed by atoms with van der Waals surface area (Å²) in [5, 5.41) is 10.5. The van der Waals surface area contributed by atoms with Crippen molar-refractivity contribution in [2.24, 2.45) is 0 Å². The van der Waals surface area contributed by atoms with Gasteiger partial charge in [-0.15, -0.1) is 0 Å². The number of hydrogen-bond acceptors (Lipinski definition) is 5. The van der Waals surface area contributed by atoms with E-state index in [9.17, 15) is 24.0 Å². The van der Waals surface area contributed by atoms with Crippen LogP contribution in [0.2, 0.25) is 0 Å². The lowest BCUT2D eigenvalue weighted by Crippen LogP contribution is -2.54. The summed E-state index contributed by atoms with van der Waals surface area (Å²) in [6, 6.07) is 15.6. The quantitative estimate of drug-likeness (QED) is 0.376. The van der Waals surface area contributed by atoms with Crippen LogP contribution < -0.4 is 21.3 Å². The van der Waals surface area contributed by atoms with Crippen molar-refractivity contribution in [1.29, 1.82) is 0 Å². The summed E-state index contributed by atoms with van der Waals surface area (Å²) in [6.07, 6.45) is 1.09. The number of carbonyl (C=O) groups is 5. The molecule has 0 saturated carbocycles. The van der Waals surface area contributed by atoms with Gasteiger partial charge in [0.25, 0.3) is 5.91 Å². The van der Waals surface area contributed by atoms with E-state index < -0.39 is 29.9 Å². The fourth-order valence-corrected chi connectivity index (χ4v) is 4.06. The molecule has 10 heteroatoms. The summed E-state index contributed by atoms with van der Waals surface area (Å²) >= 11 is 0. The molecule has 0 radical (unpaired) electrons. The molecule has 37 heavy (non-hydrogen) atoms. The first-order chi connectivity index (χ1) is 17.8. The third-order valence-electron chi connectivity index (χ3n) is 6.10. The Morgan fingerprint density at radius 1 is 0.865 bits per heavy atom. The Kier molecular flexibility index (Phi) is 9.76. The van der Waals surface area contributed by atoms with Crippen LogP contribution in [0, 0.1) is 0 Å². The van der Waals surface area contributed by atoms with Gasteiger partial charge in [-0.25, -0.2) is 0 Å². The van der Waals surface area contributed by atoms with Crippen LogP contribution in [0.25, 0.3) is 0 Å². The molecule has 4 N–H and O–H groups in total. The molecule has 3 rings (SSSR count). The lowest BCUT2D eigenvalue weighted by Gasteiger charge is -2.27. The predicted octanol–water partition coefficient (Wildman–Crippen LogP) is 0.733. The summed E-state index contributed by atoms with van der Waals surface area (Å²) in [6.45, 7) is 3.53.